The van der Waals surface area contributed by atoms with E-state index in [9.17, 15) is 10.2 Å². The van der Waals surface area contributed by atoms with Gasteiger partial charge in [-0.3, -0.25) is 0 Å². The van der Waals surface area contributed by atoms with Gasteiger partial charge in [0.15, 0.2) is 19.9 Å². The van der Waals surface area contributed by atoms with E-state index in [1.807, 2.05) is 6.92 Å². The van der Waals surface area contributed by atoms with Gasteiger partial charge >= 0.3 is 0 Å². The minimum atomic E-state index is -1.83. The largest absolute Gasteiger partial charge is 0.488 e. The number of rotatable bonds is 14. The Kier molecular flexibility index (Phi) is 12.9. The van der Waals surface area contributed by atoms with E-state index in [0.717, 1.165) is 50.2 Å². The highest BCUT2D eigenvalue weighted by atomic mass is 28.4. The fraction of sp³-hybridized carbons (Fsp3) is 0.914. The van der Waals surface area contributed by atoms with Gasteiger partial charge in [-0.2, -0.15) is 0 Å². The summed E-state index contributed by atoms with van der Waals surface area (Å²) in [6, 6.07) is 3.33. The van der Waals surface area contributed by atoms with Gasteiger partial charge in [0.25, 0.3) is 0 Å². The van der Waals surface area contributed by atoms with E-state index in [0.29, 0.717) is 12.8 Å². The summed E-state index contributed by atoms with van der Waals surface area (Å²) in [4.78, 5) is 0. The number of hydrogen-bond acceptors (Lipinski definition) is 8. The fourth-order valence-corrected chi connectivity index (χ4v) is 11.3. The topological polar surface area (TPSA) is 95.8 Å². The molecule has 2 N–H and O–H groups in total. The number of hydrogen-bond donors (Lipinski definition) is 2. The molecule has 0 aromatic rings. The molecule has 8 nitrogen and oxygen atoms in total. The summed E-state index contributed by atoms with van der Waals surface area (Å²) in [5.41, 5.74) is 2.21. The van der Waals surface area contributed by atoms with E-state index in [2.05, 4.69) is 61.1 Å². The van der Waals surface area contributed by atoms with Crippen LogP contribution in [0.5, 0.6) is 0 Å². The van der Waals surface area contributed by atoms with Crippen molar-refractivity contribution in [2.24, 2.45) is 17.8 Å². The normalized spacial score (nSPS) is 40.3. The molecule has 3 saturated heterocycles. The van der Waals surface area contributed by atoms with Crippen LogP contribution < -0.4 is 0 Å². The van der Waals surface area contributed by atoms with Crippen molar-refractivity contribution in [1.29, 1.82) is 0 Å². The van der Waals surface area contributed by atoms with Crippen molar-refractivity contribution >= 4 is 8.32 Å². The van der Waals surface area contributed by atoms with Gasteiger partial charge in [0.1, 0.15) is 0 Å². The highest BCUT2D eigenvalue weighted by molar-refractivity contribution is 6.73. The Morgan fingerprint density at radius 3 is 2.20 bits per heavy atom. The zero-order chi connectivity index (χ0) is 33.0. The molecule has 0 aliphatic carbocycles. The van der Waals surface area contributed by atoms with E-state index in [-0.39, 0.29) is 54.0 Å². The van der Waals surface area contributed by atoms with Gasteiger partial charge in [-0.05, 0) is 76.4 Å². The molecule has 3 fully saturated rings. The maximum absolute atomic E-state index is 11.8. The smallest absolute Gasteiger partial charge is 0.233 e. The van der Waals surface area contributed by atoms with Crippen LogP contribution in [0.1, 0.15) is 107 Å². The third-order valence-electron chi connectivity index (χ3n) is 11.7. The summed E-state index contributed by atoms with van der Waals surface area (Å²) in [6.45, 7) is 19.6. The van der Waals surface area contributed by atoms with Gasteiger partial charge in [0, 0.05) is 38.0 Å². The van der Waals surface area contributed by atoms with Crippen molar-refractivity contribution in [3.8, 4) is 0 Å². The summed E-state index contributed by atoms with van der Waals surface area (Å²) in [5.74, 6) is -2.23. The predicted octanol–water partition coefficient (Wildman–Crippen LogP) is 7.09. The van der Waals surface area contributed by atoms with Crippen molar-refractivity contribution in [1.82, 2.24) is 0 Å². The van der Waals surface area contributed by atoms with Crippen LogP contribution >= 0.6 is 0 Å². The minimum absolute atomic E-state index is 0.00812. The molecule has 0 saturated carbocycles. The Bertz CT molecular complexity index is 985. The van der Waals surface area contributed by atoms with Gasteiger partial charge in [0.2, 0.25) is 5.79 Å². The van der Waals surface area contributed by atoms with Crippen LogP contribution in [-0.4, -0.2) is 80.4 Å². The lowest BCUT2D eigenvalue weighted by atomic mass is 9.78. The maximum Gasteiger partial charge on any atom is 0.233 e. The first kappa shape index (κ1) is 37.7. The maximum atomic E-state index is 11.8. The van der Waals surface area contributed by atoms with Gasteiger partial charge in [-0.25, -0.2) is 0 Å². The average molecular weight is 641 g/mol. The molecule has 9 heteroatoms. The Morgan fingerprint density at radius 1 is 1.05 bits per heavy atom. The molecule has 3 aliphatic heterocycles. The summed E-state index contributed by atoms with van der Waals surface area (Å²) >= 11 is 0. The second-order valence-electron chi connectivity index (χ2n) is 14.1. The number of methoxy groups -OCH3 is 2. The van der Waals surface area contributed by atoms with Crippen LogP contribution in [0.3, 0.4) is 0 Å². The van der Waals surface area contributed by atoms with Crippen LogP contribution in [0, 0.1) is 17.8 Å². The van der Waals surface area contributed by atoms with E-state index >= 15 is 0 Å². The molecule has 10 atom stereocenters. The van der Waals surface area contributed by atoms with Crippen LogP contribution in [0.4, 0.5) is 0 Å². The first-order valence-electron chi connectivity index (χ1n) is 17.4. The second kappa shape index (κ2) is 15.0. The first-order chi connectivity index (χ1) is 20.7. The number of ether oxygens (including phenoxy) is 5. The summed E-state index contributed by atoms with van der Waals surface area (Å²) < 4.78 is 38.7. The third-order valence-corrected chi connectivity index (χ3v) is 16.4. The second-order valence-corrected chi connectivity index (χ2v) is 18.8. The monoisotopic (exact) mass is 640 g/mol. The van der Waals surface area contributed by atoms with Crippen molar-refractivity contribution in [3.63, 3.8) is 0 Å². The van der Waals surface area contributed by atoms with Crippen molar-refractivity contribution in [3.05, 3.63) is 17.6 Å². The molecule has 44 heavy (non-hydrogen) atoms. The molecule has 0 amide bonds. The van der Waals surface area contributed by atoms with Crippen LogP contribution in [-0.2, 0) is 28.1 Å². The molecule has 2 unspecified atom stereocenters. The molecular formula is C35H64O8Si. The summed E-state index contributed by atoms with van der Waals surface area (Å²) in [6.07, 6.45) is 6.57. The molecule has 3 rings (SSSR count). The molecule has 0 aromatic carbocycles. The fourth-order valence-electron chi connectivity index (χ4n) is 8.14. The average Bonchev–Trinajstić information content (AvgIpc) is 3.35. The zero-order valence-corrected chi connectivity index (χ0v) is 30.7. The third kappa shape index (κ3) is 7.22. The van der Waals surface area contributed by atoms with E-state index in [1.54, 1.807) is 13.2 Å². The van der Waals surface area contributed by atoms with Crippen molar-refractivity contribution in [2.45, 2.75) is 166 Å². The number of aliphatic hydroxyl groups excluding tert-OH is 1. The van der Waals surface area contributed by atoms with Gasteiger partial charge in [-0.1, -0.05) is 54.2 Å². The molecule has 256 valence electrons. The van der Waals surface area contributed by atoms with Gasteiger partial charge < -0.3 is 38.3 Å². The predicted molar refractivity (Wildman–Crippen MR) is 176 cm³/mol. The highest BCUT2D eigenvalue weighted by Gasteiger charge is 2.57. The molecule has 0 aromatic heterocycles. The SMILES string of the molecule is CC[C@@H](CO)[C@H]1OC(C=C=C(OC)C2(O)CC[C@@](C)([C@H]3CC[C@@](CC)(O[Si](CC)(CC)CC)[C@H](C)O3)O2)(OC)[C@H](C)C[C@@H]1C. The molecule has 0 spiro atoms. The molecule has 3 aliphatic rings. The molecule has 0 radical (unpaired) electrons. The summed E-state index contributed by atoms with van der Waals surface area (Å²) in [5, 5.41) is 21.8. The lowest BCUT2D eigenvalue weighted by Crippen LogP contribution is -2.59. The number of aliphatic hydroxyl groups is 2. The Labute approximate surface area is 269 Å². The Balaban J connectivity index is 1.84. The molecule has 3 heterocycles. The standard InChI is InChI=1S/C35H64O8Si/c1-12-28(24-36)31-25(6)23-26(7)35(39-11,41-31)20-18-30(38-10)34(37)22-21-32(9,42-34)29-17-19-33(13-2,27(8)40-29)43-44(14-3,15-4)16-5/h20,25-29,31,36-37H,12-17,19,21-24H2,1-11H3/t18?,25-,26+,27-,28-,29+,31-,32-,33+,34?,35?/m0/s1. The van der Waals surface area contributed by atoms with Gasteiger partial charge in [0.05, 0.1) is 36.6 Å². The zero-order valence-electron chi connectivity index (χ0n) is 29.7. The lowest BCUT2D eigenvalue weighted by Gasteiger charge is -2.52. The minimum Gasteiger partial charge on any atom is -0.488 e. The van der Waals surface area contributed by atoms with Crippen LogP contribution in [0.25, 0.3) is 0 Å². The van der Waals surface area contributed by atoms with E-state index in [1.165, 1.54) is 7.11 Å². The van der Waals surface area contributed by atoms with Crippen LogP contribution in [0.15, 0.2) is 17.6 Å². The van der Waals surface area contributed by atoms with Crippen molar-refractivity contribution in [2.75, 3.05) is 20.8 Å². The molecular weight excluding hydrogens is 576 g/mol. The van der Waals surface area contributed by atoms with E-state index < -0.39 is 25.5 Å². The Morgan fingerprint density at radius 2 is 1.70 bits per heavy atom. The van der Waals surface area contributed by atoms with E-state index in [4.69, 9.17) is 28.1 Å². The van der Waals surface area contributed by atoms with Crippen LogP contribution in [0.2, 0.25) is 18.1 Å². The van der Waals surface area contributed by atoms with Crippen molar-refractivity contribution < 1.29 is 38.3 Å². The van der Waals surface area contributed by atoms with Gasteiger partial charge in [-0.15, -0.1) is 0 Å². The summed E-state index contributed by atoms with van der Waals surface area (Å²) in [7, 11) is 1.33. The molecule has 0 bridgehead atoms. The first-order valence-corrected chi connectivity index (χ1v) is 19.9. The Hall–Kier alpha value is -0.743. The quantitative estimate of drug-likeness (QED) is 0.118. The highest BCUT2D eigenvalue weighted by Crippen LogP contribution is 2.49. The lowest BCUT2D eigenvalue weighted by molar-refractivity contribution is -0.287.